The fourth-order valence-electron chi connectivity index (χ4n) is 1.73. The molecule has 18 heavy (non-hydrogen) atoms. The number of aryl methyl sites for hydroxylation is 1. The molecule has 0 bridgehead atoms. The molecule has 4 heteroatoms. The Balaban J connectivity index is 1.93. The van der Waals surface area contributed by atoms with E-state index in [-0.39, 0.29) is 5.91 Å². The highest BCUT2D eigenvalue weighted by Gasteiger charge is 2.04. The van der Waals surface area contributed by atoms with Gasteiger partial charge in [-0.15, -0.1) is 11.3 Å². The van der Waals surface area contributed by atoms with Gasteiger partial charge in [0.05, 0.1) is 0 Å². The molecular weight excluding hydrogens is 244 g/mol. The van der Waals surface area contributed by atoms with E-state index < -0.39 is 0 Å². The number of thiophene rings is 1. The number of amides is 1. The lowest BCUT2D eigenvalue weighted by Gasteiger charge is -1.98. The second kappa shape index (κ2) is 6.31. The van der Waals surface area contributed by atoms with Crippen LogP contribution in [0.2, 0.25) is 0 Å². The fourth-order valence-corrected chi connectivity index (χ4v) is 2.79. The van der Waals surface area contributed by atoms with Crippen molar-refractivity contribution < 1.29 is 4.79 Å². The quantitative estimate of drug-likeness (QED) is 0.898. The standard InChI is InChI=1S/C14H16N2OS/c1-15-14(17)4-2-3-12-5-6-13(18-12)11-7-9-16-10-8-11/h5-10H,2-4H2,1H3,(H,15,17). The molecule has 0 unspecified atom stereocenters. The second-order valence-corrected chi connectivity index (χ2v) is 5.20. The lowest BCUT2D eigenvalue weighted by atomic mass is 10.2. The molecule has 0 fully saturated rings. The molecule has 0 aliphatic rings. The summed E-state index contributed by atoms with van der Waals surface area (Å²) in [7, 11) is 1.68. The van der Waals surface area contributed by atoms with Crippen molar-refractivity contribution in [2.45, 2.75) is 19.3 Å². The Kier molecular flexibility index (Phi) is 4.47. The molecule has 2 rings (SSSR count). The molecule has 0 atom stereocenters. The summed E-state index contributed by atoms with van der Waals surface area (Å²) >= 11 is 1.79. The number of aromatic nitrogens is 1. The van der Waals surface area contributed by atoms with Gasteiger partial charge in [-0.25, -0.2) is 0 Å². The van der Waals surface area contributed by atoms with E-state index in [1.807, 2.05) is 12.1 Å². The number of carbonyl (C=O) groups is 1. The Morgan fingerprint density at radius 1 is 1.28 bits per heavy atom. The van der Waals surface area contributed by atoms with E-state index in [9.17, 15) is 4.79 Å². The van der Waals surface area contributed by atoms with Crippen LogP contribution in [0, 0.1) is 0 Å². The molecule has 0 saturated carbocycles. The third-order valence-electron chi connectivity index (χ3n) is 2.73. The molecule has 0 saturated heterocycles. The predicted molar refractivity (Wildman–Crippen MR) is 74.6 cm³/mol. The summed E-state index contributed by atoms with van der Waals surface area (Å²) in [5, 5.41) is 2.64. The Bertz CT molecular complexity index is 508. The monoisotopic (exact) mass is 260 g/mol. The SMILES string of the molecule is CNC(=O)CCCc1ccc(-c2ccncc2)s1. The van der Waals surface area contributed by atoms with Gasteiger partial charge in [-0.2, -0.15) is 0 Å². The van der Waals surface area contributed by atoms with Gasteiger partial charge in [0, 0.05) is 35.6 Å². The summed E-state index contributed by atoms with van der Waals surface area (Å²) in [4.78, 5) is 17.7. The topological polar surface area (TPSA) is 42.0 Å². The highest BCUT2D eigenvalue weighted by atomic mass is 32.1. The van der Waals surface area contributed by atoms with Gasteiger partial charge >= 0.3 is 0 Å². The van der Waals surface area contributed by atoms with Crippen LogP contribution in [0.4, 0.5) is 0 Å². The zero-order valence-corrected chi connectivity index (χ0v) is 11.2. The third kappa shape index (κ3) is 3.40. The molecule has 0 aromatic carbocycles. The molecule has 2 heterocycles. The summed E-state index contributed by atoms with van der Waals surface area (Å²) in [6, 6.07) is 8.31. The van der Waals surface area contributed by atoms with E-state index in [0.29, 0.717) is 6.42 Å². The molecule has 0 radical (unpaired) electrons. The van der Waals surface area contributed by atoms with Crippen LogP contribution in [-0.4, -0.2) is 17.9 Å². The highest BCUT2D eigenvalue weighted by Crippen LogP contribution is 2.28. The molecule has 0 spiro atoms. The van der Waals surface area contributed by atoms with E-state index in [1.165, 1.54) is 15.3 Å². The van der Waals surface area contributed by atoms with Crippen molar-refractivity contribution in [3.05, 3.63) is 41.5 Å². The molecule has 94 valence electrons. The van der Waals surface area contributed by atoms with Crippen molar-refractivity contribution in [3.63, 3.8) is 0 Å². The van der Waals surface area contributed by atoms with E-state index in [2.05, 4.69) is 22.4 Å². The summed E-state index contributed by atoms with van der Waals surface area (Å²) in [5.74, 6) is 0.112. The Morgan fingerprint density at radius 2 is 2.06 bits per heavy atom. The zero-order chi connectivity index (χ0) is 12.8. The molecule has 2 aromatic rings. The van der Waals surface area contributed by atoms with Crippen molar-refractivity contribution in [2.75, 3.05) is 7.05 Å². The molecule has 3 nitrogen and oxygen atoms in total. The van der Waals surface area contributed by atoms with Crippen LogP contribution in [0.3, 0.4) is 0 Å². The average Bonchev–Trinajstić information content (AvgIpc) is 2.88. The first-order valence-electron chi connectivity index (χ1n) is 5.99. The van der Waals surface area contributed by atoms with Crippen LogP contribution < -0.4 is 5.32 Å². The van der Waals surface area contributed by atoms with Gasteiger partial charge < -0.3 is 5.32 Å². The third-order valence-corrected chi connectivity index (χ3v) is 3.93. The Labute approximate surface area is 111 Å². The first-order chi connectivity index (χ1) is 8.79. The van der Waals surface area contributed by atoms with Gasteiger partial charge in [-0.1, -0.05) is 0 Å². The number of hydrogen-bond donors (Lipinski definition) is 1. The van der Waals surface area contributed by atoms with E-state index in [0.717, 1.165) is 12.8 Å². The largest absolute Gasteiger partial charge is 0.359 e. The molecule has 1 N–H and O–H groups in total. The van der Waals surface area contributed by atoms with Gasteiger partial charge in [-0.3, -0.25) is 9.78 Å². The van der Waals surface area contributed by atoms with Crippen molar-refractivity contribution in [1.29, 1.82) is 0 Å². The summed E-state index contributed by atoms with van der Waals surface area (Å²) < 4.78 is 0. The van der Waals surface area contributed by atoms with Crippen LogP contribution >= 0.6 is 11.3 Å². The highest BCUT2D eigenvalue weighted by molar-refractivity contribution is 7.15. The van der Waals surface area contributed by atoms with Gasteiger partial charge in [0.15, 0.2) is 0 Å². The second-order valence-electron chi connectivity index (χ2n) is 4.03. The lowest BCUT2D eigenvalue weighted by molar-refractivity contribution is -0.120. The van der Waals surface area contributed by atoms with E-state index in [4.69, 9.17) is 0 Å². The number of rotatable bonds is 5. The van der Waals surface area contributed by atoms with Gasteiger partial charge in [0.2, 0.25) is 5.91 Å². The van der Waals surface area contributed by atoms with Crippen LogP contribution in [0.5, 0.6) is 0 Å². The van der Waals surface area contributed by atoms with Gasteiger partial charge in [-0.05, 0) is 42.7 Å². The van der Waals surface area contributed by atoms with Crippen molar-refractivity contribution >= 4 is 17.2 Å². The Morgan fingerprint density at radius 3 is 2.78 bits per heavy atom. The number of nitrogens with one attached hydrogen (secondary N) is 1. The van der Waals surface area contributed by atoms with Crippen molar-refractivity contribution in [3.8, 4) is 10.4 Å². The normalized spacial score (nSPS) is 10.3. The van der Waals surface area contributed by atoms with Crippen LogP contribution in [-0.2, 0) is 11.2 Å². The van der Waals surface area contributed by atoms with Crippen LogP contribution in [0.15, 0.2) is 36.7 Å². The molecular formula is C14H16N2OS. The minimum atomic E-state index is 0.112. The minimum absolute atomic E-state index is 0.112. The predicted octanol–water partition coefficient (Wildman–Crippen LogP) is 2.88. The fraction of sp³-hybridized carbons (Fsp3) is 0.286. The number of hydrogen-bond acceptors (Lipinski definition) is 3. The van der Waals surface area contributed by atoms with Gasteiger partial charge in [0.25, 0.3) is 0 Å². The molecule has 0 aliphatic heterocycles. The molecule has 1 amide bonds. The maximum Gasteiger partial charge on any atom is 0.219 e. The summed E-state index contributed by atoms with van der Waals surface area (Å²) in [6.45, 7) is 0. The maximum atomic E-state index is 11.1. The Hall–Kier alpha value is -1.68. The smallest absolute Gasteiger partial charge is 0.219 e. The molecule has 0 aliphatic carbocycles. The van der Waals surface area contributed by atoms with Gasteiger partial charge in [0.1, 0.15) is 0 Å². The first kappa shape index (κ1) is 12.8. The van der Waals surface area contributed by atoms with Crippen molar-refractivity contribution in [1.82, 2.24) is 10.3 Å². The molecule has 2 aromatic heterocycles. The summed E-state index contributed by atoms with van der Waals surface area (Å²) in [5.41, 5.74) is 1.20. The van der Waals surface area contributed by atoms with Crippen molar-refractivity contribution in [2.24, 2.45) is 0 Å². The van der Waals surface area contributed by atoms with E-state index >= 15 is 0 Å². The zero-order valence-electron chi connectivity index (χ0n) is 10.3. The lowest BCUT2D eigenvalue weighted by Crippen LogP contribution is -2.17. The van der Waals surface area contributed by atoms with Crippen LogP contribution in [0.25, 0.3) is 10.4 Å². The first-order valence-corrected chi connectivity index (χ1v) is 6.81. The van der Waals surface area contributed by atoms with Crippen LogP contribution in [0.1, 0.15) is 17.7 Å². The number of carbonyl (C=O) groups excluding carboxylic acids is 1. The van der Waals surface area contributed by atoms with E-state index in [1.54, 1.807) is 30.8 Å². The maximum absolute atomic E-state index is 11.1. The number of nitrogens with zero attached hydrogens (tertiary/aromatic N) is 1. The average molecular weight is 260 g/mol. The summed E-state index contributed by atoms with van der Waals surface area (Å²) in [6.07, 6.45) is 6.07. The minimum Gasteiger partial charge on any atom is -0.359 e. The number of pyridine rings is 1.